The van der Waals surface area contributed by atoms with Crippen LogP contribution in [-0.4, -0.2) is 42.4 Å². The Bertz CT molecular complexity index is 811. The molecule has 8 nitrogen and oxygen atoms in total. The third-order valence-corrected chi connectivity index (χ3v) is 4.10. The largest absolute Gasteiger partial charge is 0.369 e. The molecule has 24 heavy (non-hydrogen) atoms. The lowest BCUT2D eigenvalue weighted by atomic mass is 10.2. The maximum absolute atomic E-state index is 5.97. The van der Waals surface area contributed by atoms with Crippen LogP contribution < -0.4 is 5.32 Å². The van der Waals surface area contributed by atoms with Gasteiger partial charge in [0.25, 0.3) is 0 Å². The molecule has 1 aliphatic heterocycles. The van der Waals surface area contributed by atoms with Crippen LogP contribution in [0, 0.1) is 0 Å². The zero-order valence-electron chi connectivity index (χ0n) is 13.5. The molecule has 4 rings (SSSR count). The fraction of sp³-hybridized carbons (Fsp3) is 0.375. The molecule has 0 amide bonds. The predicted molar refractivity (Wildman–Crippen MR) is 86.7 cm³/mol. The molecule has 0 bridgehead atoms. The molecular weight excluding hydrogens is 306 g/mol. The first kappa shape index (κ1) is 15.0. The summed E-state index contributed by atoms with van der Waals surface area (Å²) in [6, 6.07) is 4.01. The summed E-state index contributed by atoms with van der Waals surface area (Å²) in [5.41, 5.74) is 4.04. The number of pyridine rings is 1. The van der Waals surface area contributed by atoms with Gasteiger partial charge in [-0.1, -0.05) is 5.21 Å². The van der Waals surface area contributed by atoms with Crippen LogP contribution in [0.4, 0.5) is 0 Å². The SMILES string of the molecule is Cn1cc(-c2nnn3c2CO[C@H](CNCc2ccncc2)C3)cn1. The molecule has 0 saturated heterocycles. The first-order valence-electron chi connectivity index (χ1n) is 7.92. The van der Waals surface area contributed by atoms with Gasteiger partial charge in [-0.2, -0.15) is 5.10 Å². The topological polar surface area (TPSA) is 82.7 Å². The predicted octanol–water partition coefficient (Wildman–Crippen LogP) is 0.762. The Morgan fingerprint density at radius 2 is 2.21 bits per heavy atom. The maximum atomic E-state index is 5.97. The van der Waals surface area contributed by atoms with Gasteiger partial charge >= 0.3 is 0 Å². The first-order chi connectivity index (χ1) is 11.8. The second kappa shape index (κ2) is 6.50. The Morgan fingerprint density at radius 1 is 1.33 bits per heavy atom. The molecule has 0 aromatic carbocycles. The quantitative estimate of drug-likeness (QED) is 0.746. The molecule has 3 aromatic rings. The molecule has 1 atom stereocenters. The van der Waals surface area contributed by atoms with Crippen molar-refractivity contribution in [3.8, 4) is 11.3 Å². The average molecular weight is 325 g/mol. The highest BCUT2D eigenvalue weighted by Gasteiger charge is 2.24. The zero-order valence-corrected chi connectivity index (χ0v) is 13.5. The van der Waals surface area contributed by atoms with E-state index >= 15 is 0 Å². The van der Waals surface area contributed by atoms with Gasteiger partial charge in [-0.05, 0) is 17.7 Å². The Morgan fingerprint density at radius 3 is 3.00 bits per heavy atom. The lowest BCUT2D eigenvalue weighted by Crippen LogP contribution is -2.36. The van der Waals surface area contributed by atoms with E-state index in [0.29, 0.717) is 13.2 Å². The second-order valence-corrected chi connectivity index (χ2v) is 5.89. The molecule has 0 spiro atoms. The van der Waals surface area contributed by atoms with Crippen LogP contribution in [0.3, 0.4) is 0 Å². The minimum atomic E-state index is 0.0859. The molecule has 0 unspecified atom stereocenters. The molecule has 0 radical (unpaired) electrons. The number of hydrogen-bond donors (Lipinski definition) is 1. The summed E-state index contributed by atoms with van der Waals surface area (Å²) >= 11 is 0. The molecule has 3 aromatic heterocycles. The summed E-state index contributed by atoms with van der Waals surface area (Å²) in [4.78, 5) is 4.02. The van der Waals surface area contributed by atoms with Gasteiger partial charge in [0.2, 0.25) is 0 Å². The highest BCUT2D eigenvalue weighted by atomic mass is 16.5. The molecule has 8 heteroatoms. The summed E-state index contributed by atoms with van der Waals surface area (Å²) in [5, 5.41) is 16.2. The van der Waals surface area contributed by atoms with Gasteiger partial charge < -0.3 is 10.1 Å². The normalized spacial score (nSPS) is 17.0. The van der Waals surface area contributed by atoms with Gasteiger partial charge in [-0.15, -0.1) is 5.10 Å². The third-order valence-electron chi connectivity index (χ3n) is 4.10. The summed E-state index contributed by atoms with van der Waals surface area (Å²) in [6.45, 7) is 2.78. The van der Waals surface area contributed by atoms with Crippen molar-refractivity contribution in [3.05, 3.63) is 48.2 Å². The van der Waals surface area contributed by atoms with Crippen molar-refractivity contribution < 1.29 is 4.74 Å². The molecular formula is C16H19N7O. The van der Waals surface area contributed by atoms with Gasteiger partial charge in [0.1, 0.15) is 5.69 Å². The molecule has 0 saturated carbocycles. The number of aryl methyl sites for hydroxylation is 1. The number of rotatable bonds is 5. The standard InChI is InChI=1S/C16H19N7O/c1-22-9-13(7-19-22)16-15-11-24-14(10-23(15)21-20-16)8-18-6-12-2-4-17-5-3-12/h2-5,7,9,14,18H,6,8,10-11H2,1H3/t14-/m1/s1. The summed E-state index contributed by atoms with van der Waals surface area (Å²) in [5.74, 6) is 0. The van der Waals surface area contributed by atoms with E-state index in [4.69, 9.17) is 4.74 Å². The minimum absolute atomic E-state index is 0.0859. The van der Waals surface area contributed by atoms with Crippen LogP contribution in [0.5, 0.6) is 0 Å². The minimum Gasteiger partial charge on any atom is -0.369 e. The smallest absolute Gasteiger partial charge is 0.121 e. The van der Waals surface area contributed by atoms with Gasteiger partial charge in [0.05, 0.1) is 31.1 Å². The fourth-order valence-electron chi connectivity index (χ4n) is 2.83. The van der Waals surface area contributed by atoms with Gasteiger partial charge in [0.15, 0.2) is 0 Å². The number of fused-ring (bicyclic) bond motifs is 1. The van der Waals surface area contributed by atoms with Crippen LogP contribution in [0.1, 0.15) is 11.3 Å². The summed E-state index contributed by atoms with van der Waals surface area (Å²) in [6.07, 6.45) is 7.43. The van der Waals surface area contributed by atoms with Crippen molar-refractivity contribution in [1.82, 2.24) is 35.1 Å². The van der Waals surface area contributed by atoms with Crippen molar-refractivity contribution >= 4 is 0 Å². The maximum Gasteiger partial charge on any atom is 0.121 e. The number of nitrogens with zero attached hydrogens (tertiary/aromatic N) is 6. The highest BCUT2D eigenvalue weighted by molar-refractivity contribution is 5.59. The molecule has 0 aliphatic carbocycles. The van der Waals surface area contributed by atoms with Gasteiger partial charge in [-0.3, -0.25) is 9.67 Å². The van der Waals surface area contributed by atoms with E-state index < -0.39 is 0 Å². The van der Waals surface area contributed by atoms with Crippen LogP contribution in [0.25, 0.3) is 11.3 Å². The molecule has 0 fully saturated rings. The average Bonchev–Trinajstić information content (AvgIpc) is 3.21. The van der Waals surface area contributed by atoms with Crippen molar-refractivity contribution in [1.29, 1.82) is 0 Å². The van der Waals surface area contributed by atoms with E-state index in [-0.39, 0.29) is 6.10 Å². The Labute approximate surface area is 139 Å². The third kappa shape index (κ3) is 3.06. The van der Waals surface area contributed by atoms with E-state index in [2.05, 4.69) is 25.7 Å². The van der Waals surface area contributed by atoms with Crippen molar-refractivity contribution in [2.75, 3.05) is 6.54 Å². The molecule has 4 heterocycles. The number of hydrogen-bond acceptors (Lipinski definition) is 6. The number of ether oxygens (including phenoxy) is 1. The number of nitrogens with one attached hydrogen (secondary N) is 1. The summed E-state index contributed by atoms with van der Waals surface area (Å²) in [7, 11) is 1.89. The van der Waals surface area contributed by atoms with Crippen molar-refractivity contribution in [3.63, 3.8) is 0 Å². The van der Waals surface area contributed by atoms with Gasteiger partial charge in [0, 0.05) is 44.3 Å². The Balaban J connectivity index is 1.37. The fourth-order valence-corrected chi connectivity index (χ4v) is 2.83. The lowest BCUT2D eigenvalue weighted by molar-refractivity contribution is 0.00125. The van der Waals surface area contributed by atoms with Crippen LogP contribution in [0.15, 0.2) is 36.9 Å². The van der Waals surface area contributed by atoms with Crippen molar-refractivity contribution in [2.24, 2.45) is 7.05 Å². The molecule has 124 valence electrons. The van der Waals surface area contributed by atoms with E-state index in [1.54, 1.807) is 23.3 Å². The van der Waals surface area contributed by atoms with Crippen LogP contribution >= 0.6 is 0 Å². The van der Waals surface area contributed by atoms with E-state index in [9.17, 15) is 0 Å². The first-order valence-corrected chi connectivity index (χ1v) is 7.92. The van der Waals surface area contributed by atoms with E-state index in [1.807, 2.05) is 30.1 Å². The van der Waals surface area contributed by atoms with Crippen LogP contribution in [-0.2, 0) is 31.5 Å². The highest BCUT2D eigenvalue weighted by Crippen LogP contribution is 2.24. The Kier molecular flexibility index (Phi) is 4.06. The monoisotopic (exact) mass is 325 g/mol. The number of aromatic nitrogens is 6. The zero-order chi connectivity index (χ0) is 16.4. The molecule has 1 N–H and O–H groups in total. The van der Waals surface area contributed by atoms with E-state index in [0.717, 1.165) is 30.0 Å². The lowest BCUT2D eigenvalue weighted by Gasteiger charge is -2.24. The van der Waals surface area contributed by atoms with Crippen LogP contribution in [0.2, 0.25) is 0 Å². The summed E-state index contributed by atoms with van der Waals surface area (Å²) < 4.78 is 9.66. The van der Waals surface area contributed by atoms with E-state index in [1.165, 1.54) is 5.56 Å². The second-order valence-electron chi connectivity index (χ2n) is 5.89. The van der Waals surface area contributed by atoms with Crippen molar-refractivity contribution in [2.45, 2.75) is 25.8 Å². The van der Waals surface area contributed by atoms with Gasteiger partial charge in [-0.25, -0.2) is 4.68 Å². The Hall–Kier alpha value is -2.58. The molecule has 1 aliphatic rings.